The molecule has 2 heterocycles. The molecule has 1 unspecified atom stereocenters. The lowest BCUT2D eigenvalue weighted by molar-refractivity contribution is -0.118. The molecule has 30 heavy (non-hydrogen) atoms. The van der Waals surface area contributed by atoms with Gasteiger partial charge < -0.3 is 19.7 Å². The molecular weight excluding hydrogens is 378 g/mol. The summed E-state index contributed by atoms with van der Waals surface area (Å²) in [6.07, 6.45) is 9.09. The van der Waals surface area contributed by atoms with Crippen LogP contribution >= 0.6 is 0 Å². The van der Waals surface area contributed by atoms with Gasteiger partial charge in [-0.3, -0.25) is 4.79 Å². The SMILES string of the molecule is CN(C)C1C=CC(c2cccc(NC(=O)C3(c4ccc5c(c4)OCO5)CC3)n2)=CC1. The molecule has 1 atom stereocenters. The van der Waals surface area contributed by atoms with Crippen LogP contribution < -0.4 is 14.8 Å². The third-order valence-electron chi connectivity index (χ3n) is 6.14. The van der Waals surface area contributed by atoms with E-state index in [4.69, 9.17) is 9.47 Å². The summed E-state index contributed by atoms with van der Waals surface area (Å²) >= 11 is 0. The highest BCUT2D eigenvalue weighted by atomic mass is 16.7. The lowest BCUT2D eigenvalue weighted by Crippen LogP contribution is -2.28. The first kappa shape index (κ1) is 18.9. The van der Waals surface area contributed by atoms with E-state index in [0.29, 0.717) is 17.6 Å². The molecule has 1 saturated carbocycles. The number of nitrogens with one attached hydrogen (secondary N) is 1. The van der Waals surface area contributed by atoms with Gasteiger partial charge in [-0.25, -0.2) is 4.98 Å². The Balaban J connectivity index is 1.32. The number of nitrogens with zero attached hydrogens (tertiary/aromatic N) is 2. The number of anilines is 1. The molecule has 3 aliphatic rings. The van der Waals surface area contributed by atoms with E-state index in [9.17, 15) is 4.79 Å². The first-order chi connectivity index (χ1) is 14.5. The van der Waals surface area contributed by atoms with Crippen LogP contribution in [0.2, 0.25) is 0 Å². The minimum absolute atomic E-state index is 0.0214. The second kappa shape index (κ2) is 7.29. The van der Waals surface area contributed by atoms with E-state index in [-0.39, 0.29) is 12.7 Å². The van der Waals surface area contributed by atoms with Crippen LogP contribution in [0.15, 0.2) is 54.6 Å². The van der Waals surface area contributed by atoms with Gasteiger partial charge in [-0.1, -0.05) is 30.4 Å². The van der Waals surface area contributed by atoms with Crippen molar-refractivity contribution in [3.05, 3.63) is 65.9 Å². The van der Waals surface area contributed by atoms with Gasteiger partial charge in [0.05, 0.1) is 11.1 Å². The van der Waals surface area contributed by atoms with Crippen LogP contribution in [0, 0.1) is 0 Å². The molecule has 2 aromatic rings. The molecule has 1 amide bonds. The average Bonchev–Trinajstić information content (AvgIpc) is 3.45. The largest absolute Gasteiger partial charge is 0.454 e. The van der Waals surface area contributed by atoms with Crippen molar-refractivity contribution in [1.29, 1.82) is 0 Å². The van der Waals surface area contributed by atoms with E-state index < -0.39 is 5.41 Å². The van der Waals surface area contributed by atoms with Crippen LogP contribution in [0.4, 0.5) is 5.82 Å². The number of ether oxygens (including phenoxy) is 2. The van der Waals surface area contributed by atoms with E-state index in [1.807, 2.05) is 36.4 Å². The minimum Gasteiger partial charge on any atom is -0.454 e. The molecule has 1 aromatic heterocycles. The Morgan fingerprint density at radius 3 is 2.73 bits per heavy atom. The molecule has 1 fully saturated rings. The topological polar surface area (TPSA) is 63.7 Å². The predicted octanol–water partition coefficient (Wildman–Crippen LogP) is 3.75. The third-order valence-corrected chi connectivity index (χ3v) is 6.14. The number of rotatable bonds is 5. The average molecular weight is 403 g/mol. The summed E-state index contributed by atoms with van der Waals surface area (Å²) in [4.78, 5) is 20.0. The van der Waals surface area contributed by atoms with Crippen molar-refractivity contribution in [2.24, 2.45) is 0 Å². The van der Waals surface area contributed by atoms with Crippen LogP contribution in [-0.4, -0.2) is 42.7 Å². The van der Waals surface area contributed by atoms with Gasteiger partial charge >= 0.3 is 0 Å². The number of aromatic nitrogens is 1. The Kier molecular flexibility index (Phi) is 4.59. The minimum atomic E-state index is -0.512. The molecule has 5 rings (SSSR count). The number of hydrogen-bond donors (Lipinski definition) is 1. The Morgan fingerprint density at radius 2 is 2.00 bits per heavy atom. The standard InChI is InChI=1S/C24H25N3O3/c1-27(2)18-9-6-16(7-10-18)19-4-3-5-22(25-19)26-23(28)24(12-13-24)17-8-11-20-21(14-17)30-15-29-20/h3-9,11,14,18H,10,12-13,15H2,1-2H3,(H,25,26,28). The third kappa shape index (κ3) is 3.37. The van der Waals surface area contributed by atoms with Crippen molar-refractivity contribution in [3.8, 4) is 11.5 Å². The molecule has 0 bridgehead atoms. The summed E-state index contributed by atoms with van der Waals surface area (Å²) in [6.45, 7) is 0.230. The van der Waals surface area contributed by atoms with E-state index in [1.54, 1.807) is 0 Å². The fraction of sp³-hybridized carbons (Fsp3) is 0.333. The smallest absolute Gasteiger partial charge is 0.236 e. The summed E-state index contributed by atoms with van der Waals surface area (Å²) in [5, 5.41) is 3.04. The molecule has 2 aliphatic carbocycles. The van der Waals surface area contributed by atoms with Crippen LogP contribution in [0.5, 0.6) is 11.5 Å². The van der Waals surface area contributed by atoms with Gasteiger partial charge in [0, 0.05) is 6.04 Å². The van der Waals surface area contributed by atoms with E-state index in [0.717, 1.165) is 41.8 Å². The molecule has 1 N–H and O–H groups in total. The first-order valence-electron chi connectivity index (χ1n) is 10.3. The van der Waals surface area contributed by atoms with Crippen LogP contribution in [-0.2, 0) is 10.2 Å². The zero-order valence-electron chi connectivity index (χ0n) is 17.2. The quantitative estimate of drug-likeness (QED) is 0.824. The molecule has 0 spiro atoms. The number of likely N-dealkylation sites (N-methyl/N-ethyl adjacent to an activating group) is 1. The number of carbonyl (C=O) groups is 1. The Hall–Kier alpha value is -3.12. The molecule has 6 nitrogen and oxygen atoms in total. The number of amides is 1. The van der Waals surface area contributed by atoms with Crippen molar-refractivity contribution in [2.75, 3.05) is 26.2 Å². The summed E-state index contributed by atoms with van der Waals surface area (Å²) in [5.41, 5.74) is 2.41. The summed E-state index contributed by atoms with van der Waals surface area (Å²) < 4.78 is 10.9. The molecule has 154 valence electrons. The maximum Gasteiger partial charge on any atom is 0.236 e. The zero-order chi connectivity index (χ0) is 20.7. The van der Waals surface area contributed by atoms with Crippen LogP contribution in [0.1, 0.15) is 30.5 Å². The summed E-state index contributed by atoms with van der Waals surface area (Å²) in [7, 11) is 4.16. The maximum atomic E-state index is 13.1. The van der Waals surface area contributed by atoms with Crippen molar-refractivity contribution in [3.63, 3.8) is 0 Å². The van der Waals surface area contributed by atoms with Crippen molar-refractivity contribution < 1.29 is 14.3 Å². The molecule has 6 heteroatoms. The highest BCUT2D eigenvalue weighted by molar-refractivity contribution is 6.01. The normalized spacial score (nSPS) is 20.8. The summed E-state index contributed by atoms with van der Waals surface area (Å²) in [5.74, 6) is 1.99. The predicted molar refractivity (Wildman–Crippen MR) is 116 cm³/mol. The molecule has 0 radical (unpaired) electrons. The second-order valence-electron chi connectivity index (χ2n) is 8.30. The van der Waals surface area contributed by atoms with Gasteiger partial charge in [-0.15, -0.1) is 0 Å². The van der Waals surface area contributed by atoms with Gasteiger partial charge in [-0.2, -0.15) is 0 Å². The Morgan fingerprint density at radius 1 is 1.17 bits per heavy atom. The van der Waals surface area contributed by atoms with E-state index in [2.05, 4.69) is 47.5 Å². The van der Waals surface area contributed by atoms with Gasteiger partial charge in [0.25, 0.3) is 0 Å². The number of fused-ring (bicyclic) bond motifs is 1. The van der Waals surface area contributed by atoms with E-state index >= 15 is 0 Å². The highest BCUT2D eigenvalue weighted by Crippen LogP contribution is 2.51. The Labute approximate surface area is 176 Å². The molecular formula is C24H25N3O3. The first-order valence-corrected chi connectivity index (χ1v) is 10.3. The number of allylic oxidation sites excluding steroid dienone is 2. The van der Waals surface area contributed by atoms with Crippen molar-refractivity contribution in [1.82, 2.24) is 9.88 Å². The van der Waals surface area contributed by atoms with E-state index in [1.165, 1.54) is 0 Å². The Bertz CT molecular complexity index is 1050. The van der Waals surface area contributed by atoms with Crippen molar-refractivity contribution >= 4 is 17.3 Å². The second-order valence-corrected chi connectivity index (χ2v) is 8.30. The monoisotopic (exact) mass is 403 g/mol. The number of hydrogen-bond acceptors (Lipinski definition) is 5. The van der Waals surface area contributed by atoms with Gasteiger partial charge in [0.15, 0.2) is 11.5 Å². The fourth-order valence-electron chi connectivity index (χ4n) is 4.05. The zero-order valence-corrected chi connectivity index (χ0v) is 17.2. The van der Waals surface area contributed by atoms with Crippen LogP contribution in [0.3, 0.4) is 0 Å². The maximum absolute atomic E-state index is 13.1. The number of carbonyl (C=O) groups excluding carboxylic acids is 1. The molecule has 1 aliphatic heterocycles. The molecule has 1 aromatic carbocycles. The number of pyridine rings is 1. The lowest BCUT2D eigenvalue weighted by Gasteiger charge is -2.22. The number of benzene rings is 1. The van der Waals surface area contributed by atoms with Gasteiger partial charge in [0.2, 0.25) is 12.7 Å². The fourth-order valence-corrected chi connectivity index (χ4v) is 4.05. The van der Waals surface area contributed by atoms with Crippen molar-refractivity contribution in [2.45, 2.75) is 30.7 Å². The lowest BCUT2D eigenvalue weighted by atomic mass is 9.94. The van der Waals surface area contributed by atoms with Gasteiger partial charge in [-0.05, 0) is 68.8 Å². The molecule has 0 saturated heterocycles. The summed E-state index contributed by atoms with van der Waals surface area (Å²) in [6, 6.07) is 11.9. The van der Waals surface area contributed by atoms with Gasteiger partial charge in [0.1, 0.15) is 5.82 Å². The van der Waals surface area contributed by atoms with Crippen LogP contribution in [0.25, 0.3) is 5.57 Å². The highest BCUT2D eigenvalue weighted by Gasteiger charge is 2.51.